The molecule has 0 bridgehead atoms. The Morgan fingerprint density at radius 3 is 2.52 bits per heavy atom. The summed E-state index contributed by atoms with van der Waals surface area (Å²) in [5.41, 5.74) is 0.888. The maximum atomic E-state index is 13.0. The Labute approximate surface area is 169 Å². The Bertz CT molecular complexity index is 936. The fraction of sp³-hybridized carbons (Fsp3) is 0.273. The van der Waals surface area contributed by atoms with Crippen LogP contribution < -0.4 is 9.47 Å². The summed E-state index contributed by atoms with van der Waals surface area (Å²) in [4.78, 5) is 4.16. The number of benzene rings is 2. The minimum absolute atomic E-state index is 0.285. The van der Waals surface area contributed by atoms with E-state index in [0.29, 0.717) is 19.0 Å². The Kier molecular flexibility index (Phi) is 6.04. The molecule has 0 amide bonds. The SMILES string of the molecule is Fc1ccc(OCCOc2ccccc2/C(=N/N2CCCC2)n2ccnc2)cc1. The van der Waals surface area contributed by atoms with Gasteiger partial charge in [-0.2, -0.15) is 5.10 Å². The van der Waals surface area contributed by atoms with Crippen LogP contribution in [0.25, 0.3) is 0 Å². The average molecular weight is 394 g/mol. The average Bonchev–Trinajstić information content (AvgIpc) is 3.45. The van der Waals surface area contributed by atoms with E-state index in [1.165, 1.54) is 12.1 Å². The van der Waals surface area contributed by atoms with Crippen molar-refractivity contribution in [2.24, 2.45) is 5.10 Å². The summed E-state index contributed by atoms with van der Waals surface area (Å²) >= 11 is 0. The number of ether oxygens (including phenoxy) is 2. The molecule has 0 N–H and O–H groups in total. The van der Waals surface area contributed by atoms with Crippen molar-refractivity contribution in [1.82, 2.24) is 14.6 Å². The van der Waals surface area contributed by atoms with E-state index >= 15 is 0 Å². The first-order valence-electron chi connectivity index (χ1n) is 9.72. The Hall–Kier alpha value is -3.35. The molecule has 2 aromatic carbocycles. The van der Waals surface area contributed by atoms with Gasteiger partial charge in [0, 0.05) is 25.5 Å². The molecule has 1 aromatic heterocycles. The van der Waals surface area contributed by atoms with Gasteiger partial charge in [0.25, 0.3) is 0 Å². The van der Waals surface area contributed by atoms with Crippen LogP contribution in [0.15, 0.2) is 72.4 Å². The highest BCUT2D eigenvalue weighted by molar-refractivity contribution is 6.02. The lowest BCUT2D eigenvalue weighted by atomic mass is 10.2. The van der Waals surface area contributed by atoms with E-state index in [2.05, 4.69) is 9.99 Å². The van der Waals surface area contributed by atoms with E-state index in [9.17, 15) is 4.39 Å². The molecule has 7 heteroatoms. The van der Waals surface area contributed by atoms with Gasteiger partial charge < -0.3 is 9.47 Å². The number of imidazole rings is 1. The van der Waals surface area contributed by atoms with Crippen molar-refractivity contribution in [3.8, 4) is 11.5 Å². The summed E-state index contributed by atoms with van der Waals surface area (Å²) in [6.45, 7) is 2.61. The minimum Gasteiger partial charge on any atom is -0.490 e. The Morgan fingerprint density at radius 1 is 1.00 bits per heavy atom. The molecule has 6 nitrogen and oxygen atoms in total. The molecule has 2 heterocycles. The number of hydrogen-bond acceptors (Lipinski definition) is 5. The van der Waals surface area contributed by atoms with E-state index in [1.807, 2.05) is 35.0 Å². The van der Waals surface area contributed by atoms with Gasteiger partial charge >= 0.3 is 0 Å². The van der Waals surface area contributed by atoms with Crippen LogP contribution in [0.1, 0.15) is 18.4 Å². The molecule has 0 aliphatic carbocycles. The molecule has 3 aromatic rings. The Balaban J connectivity index is 1.47. The quantitative estimate of drug-likeness (QED) is 0.348. The normalized spacial score (nSPS) is 14.2. The number of halogens is 1. The second-order valence-electron chi connectivity index (χ2n) is 6.70. The number of hydrazone groups is 1. The molecule has 1 aliphatic rings. The van der Waals surface area contributed by atoms with Crippen LogP contribution in [0.3, 0.4) is 0 Å². The van der Waals surface area contributed by atoms with Gasteiger partial charge in [-0.3, -0.25) is 9.58 Å². The lowest BCUT2D eigenvalue weighted by Crippen LogP contribution is -2.21. The molecule has 0 atom stereocenters. The van der Waals surface area contributed by atoms with Crippen molar-refractivity contribution < 1.29 is 13.9 Å². The van der Waals surface area contributed by atoms with Crippen molar-refractivity contribution in [3.05, 3.63) is 78.6 Å². The highest BCUT2D eigenvalue weighted by atomic mass is 19.1. The second kappa shape index (κ2) is 9.23. The molecule has 4 rings (SSSR count). The van der Waals surface area contributed by atoms with Gasteiger partial charge in [0.1, 0.15) is 36.9 Å². The fourth-order valence-corrected chi connectivity index (χ4v) is 3.18. The van der Waals surface area contributed by atoms with Crippen molar-refractivity contribution in [2.45, 2.75) is 12.8 Å². The van der Waals surface area contributed by atoms with E-state index in [0.717, 1.165) is 43.1 Å². The highest BCUT2D eigenvalue weighted by Gasteiger charge is 2.16. The zero-order chi connectivity index (χ0) is 19.9. The van der Waals surface area contributed by atoms with Crippen LogP contribution >= 0.6 is 0 Å². The zero-order valence-electron chi connectivity index (χ0n) is 16.1. The third kappa shape index (κ3) is 4.93. The number of para-hydroxylation sites is 1. The summed E-state index contributed by atoms with van der Waals surface area (Å²) in [5.74, 6) is 1.83. The topological polar surface area (TPSA) is 51.9 Å². The van der Waals surface area contributed by atoms with Crippen LogP contribution in [0.4, 0.5) is 4.39 Å². The predicted octanol–water partition coefficient (Wildman–Crippen LogP) is 3.79. The largest absolute Gasteiger partial charge is 0.490 e. The third-order valence-corrected chi connectivity index (χ3v) is 4.62. The maximum absolute atomic E-state index is 13.0. The van der Waals surface area contributed by atoms with Gasteiger partial charge in [0.15, 0.2) is 5.84 Å². The van der Waals surface area contributed by atoms with Crippen molar-refractivity contribution in [1.29, 1.82) is 0 Å². The Morgan fingerprint density at radius 2 is 1.76 bits per heavy atom. The van der Waals surface area contributed by atoms with Gasteiger partial charge in [0.2, 0.25) is 0 Å². The number of rotatable bonds is 7. The first kappa shape index (κ1) is 19.0. The molecule has 29 heavy (non-hydrogen) atoms. The fourth-order valence-electron chi connectivity index (χ4n) is 3.18. The van der Waals surface area contributed by atoms with E-state index in [-0.39, 0.29) is 5.82 Å². The molecule has 1 fully saturated rings. The summed E-state index contributed by atoms with van der Waals surface area (Å²) in [7, 11) is 0. The predicted molar refractivity (Wildman–Crippen MR) is 109 cm³/mol. The van der Waals surface area contributed by atoms with Gasteiger partial charge in [0.05, 0.1) is 5.56 Å². The molecule has 0 unspecified atom stereocenters. The third-order valence-electron chi connectivity index (χ3n) is 4.62. The molecule has 150 valence electrons. The van der Waals surface area contributed by atoms with Gasteiger partial charge in [-0.15, -0.1) is 0 Å². The molecule has 0 spiro atoms. The lowest BCUT2D eigenvalue weighted by molar-refractivity contribution is 0.216. The number of aromatic nitrogens is 2. The first-order chi connectivity index (χ1) is 14.3. The summed E-state index contributed by atoms with van der Waals surface area (Å²) in [6, 6.07) is 13.8. The van der Waals surface area contributed by atoms with E-state index in [1.54, 1.807) is 24.7 Å². The van der Waals surface area contributed by atoms with Gasteiger partial charge in [-0.05, 0) is 49.2 Å². The lowest BCUT2D eigenvalue weighted by Gasteiger charge is -2.17. The van der Waals surface area contributed by atoms with E-state index < -0.39 is 0 Å². The van der Waals surface area contributed by atoms with Crippen molar-refractivity contribution >= 4 is 5.84 Å². The maximum Gasteiger partial charge on any atom is 0.169 e. The van der Waals surface area contributed by atoms with E-state index in [4.69, 9.17) is 14.6 Å². The van der Waals surface area contributed by atoms with Crippen LogP contribution in [-0.4, -0.2) is 46.7 Å². The zero-order valence-corrected chi connectivity index (χ0v) is 16.1. The molecule has 0 saturated carbocycles. The molecular weight excluding hydrogens is 371 g/mol. The summed E-state index contributed by atoms with van der Waals surface area (Å²) < 4.78 is 26.5. The number of nitrogens with zero attached hydrogens (tertiary/aromatic N) is 4. The van der Waals surface area contributed by atoms with Gasteiger partial charge in [-0.1, -0.05) is 12.1 Å². The minimum atomic E-state index is -0.285. The number of hydrogen-bond donors (Lipinski definition) is 0. The highest BCUT2D eigenvalue weighted by Crippen LogP contribution is 2.21. The molecule has 1 aliphatic heterocycles. The molecular formula is C22H23FN4O2. The van der Waals surface area contributed by atoms with Crippen LogP contribution in [0.2, 0.25) is 0 Å². The van der Waals surface area contributed by atoms with Crippen LogP contribution in [-0.2, 0) is 0 Å². The van der Waals surface area contributed by atoms with Gasteiger partial charge in [-0.25, -0.2) is 9.37 Å². The van der Waals surface area contributed by atoms with Crippen molar-refractivity contribution in [2.75, 3.05) is 26.3 Å². The van der Waals surface area contributed by atoms with Crippen LogP contribution in [0, 0.1) is 5.82 Å². The second-order valence-corrected chi connectivity index (χ2v) is 6.70. The monoisotopic (exact) mass is 394 g/mol. The summed E-state index contributed by atoms with van der Waals surface area (Å²) in [5, 5.41) is 6.95. The molecule has 1 saturated heterocycles. The first-order valence-corrected chi connectivity index (χ1v) is 9.72. The molecule has 0 radical (unpaired) electrons. The van der Waals surface area contributed by atoms with Crippen molar-refractivity contribution in [3.63, 3.8) is 0 Å². The van der Waals surface area contributed by atoms with Crippen LogP contribution in [0.5, 0.6) is 11.5 Å². The standard InChI is InChI=1S/C22H23FN4O2/c23-18-7-9-19(10-8-18)28-15-16-29-21-6-2-1-5-20(21)22(26-14-11-24-17-26)25-27-12-3-4-13-27/h1-2,5-11,14,17H,3-4,12-13,15-16H2/b25-22-. The summed E-state index contributed by atoms with van der Waals surface area (Å²) in [6.07, 6.45) is 7.66. The smallest absolute Gasteiger partial charge is 0.169 e.